The molecule has 3 nitrogen and oxygen atoms in total. The molecule has 0 radical (unpaired) electrons. The van der Waals surface area contributed by atoms with Crippen LogP contribution in [0.25, 0.3) is 0 Å². The van der Waals surface area contributed by atoms with Gasteiger partial charge >= 0.3 is 5.97 Å². The van der Waals surface area contributed by atoms with Crippen LogP contribution in [0.3, 0.4) is 0 Å². The van der Waals surface area contributed by atoms with Crippen LogP contribution in [-0.4, -0.2) is 11.1 Å². The van der Waals surface area contributed by atoms with Gasteiger partial charge in [-0.1, -0.05) is 13.2 Å². The van der Waals surface area contributed by atoms with Crippen molar-refractivity contribution < 1.29 is 9.90 Å². The molecule has 0 heterocycles. The fourth-order valence-corrected chi connectivity index (χ4v) is 0. The topological polar surface area (TPSA) is 61.1 Å². The molecule has 0 unspecified atom stereocenters. The number of carboxylic acids is 1. The van der Waals surface area contributed by atoms with E-state index in [2.05, 4.69) is 13.2 Å². The zero-order valence-electron chi connectivity index (χ0n) is 5.79. The lowest BCUT2D eigenvalue weighted by Crippen LogP contribution is -1.92. The SMILES string of the molecule is C=C(C)C(=O)O.C=CC#N. The highest BCUT2D eigenvalue weighted by Crippen LogP contribution is 1.81. The Hall–Kier alpha value is -1.56. The Morgan fingerprint density at radius 2 is 2.00 bits per heavy atom. The quantitative estimate of drug-likeness (QED) is 0.440. The fourth-order valence-electron chi connectivity index (χ4n) is 0. The van der Waals surface area contributed by atoms with Crippen LogP contribution < -0.4 is 0 Å². The van der Waals surface area contributed by atoms with E-state index in [-0.39, 0.29) is 5.57 Å². The summed E-state index contributed by atoms with van der Waals surface area (Å²) in [5.74, 6) is -0.935. The first-order valence-corrected chi connectivity index (χ1v) is 2.45. The highest BCUT2D eigenvalue weighted by molar-refractivity contribution is 5.84. The highest BCUT2D eigenvalue weighted by atomic mass is 16.4. The van der Waals surface area contributed by atoms with Crippen molar-refractivity contribution in [3.8, 4) is 6.07 Å². The second-order valence-electron chi connectivity index (χ2n) is 1.42. The summed E-state index contributed by atoms with van der Waals surface area (Å²) >= 11 is 0. The van der Waals surface area contributed by atoms with E-state index >= 15 is 0 Å². The van der Waals surface area contributed by atoms with Crippen LogP contribution in [0.4, 0.5) is 0 Å². The molecule has 0 saturated heterocycles. The van der Waals surface area contributed by atoms with Crippen LogP contribution in [0.15, 0.2) is 24.8 Å². The minimum atomic E-state index is -0.935. The first-order valence-electron chi connectivity index (χ1n) is 2.45. The third-order valence-electron chi connectivity index (χ3n) is 0.456. The molecule has 0 amide bonds. The van der Waals surface area contributed by atoms with Crippen LogP contribution >= 0.6 is 0 Å². The van der Waals surface area contributed by atoms with Gasteiger partial charge in [0, 0.05) is 11.6 Å². The van der Waals surface area contributed by atoms with Crippen molar-refractivity contribution in [2.45, 2.75) is 6.92 Å². The van der Waals surface area contributed by atoms with Gasteiger partial charge in [0.2, 0.25) is 0 Å². The smallest absolute Gasteiger partial charge is 0.330 e. The van der Waals surface area contributed by atoms with Crippen molar-refractivity contribution in [3.05, 3.63) is 24.8 Å². The molecule has 54 valence electrons. The summed E-state index contributed by atoms with van der Waals surface area (Å²) in [6.07, 6.45) is 1.18. The predicted molar refractivity (Wildman–Crippen MR) is 38.3 cm³/mol. The van der Waals surface area contributed by atoms with E-state index in [1.54, 1.807) is 6.07 Å². The molecule has 0 aromatic heterocycles. The number of carbonyl (C=O) groups is 1. The Morgan fingerprint density at radius 1 is 1.80 bits per heavy atom. The summed E-state index contributed by atoms with van der Waals surface area (Å²) in [5.41, 5.74) is 0.176. The van der Waals surface area contributed by atoms with Crippen molar-refractivity contribution in [3.63, 3.8) is 0 Å². The Morgan fingerprint density at radius 3 is 2.00 bits per heavy atom. The van der Waals surface area contributed by atoms with Gasteiger partial charge in [0.1, 0.15) is 0 Å². The Labute approximate surface area is 59.9 Å². The zero-order valence-corrected chi connectivity index (χ0v) is 5.79. The predicted octanol–water partition coefficient (Wildman–Crippen LogP) is 1.34. The minimum absolute atomic E-state index is 0.176. The van der Waals surface area contributed by atoms with Gasteiger partial charge < -0.3 is 5.11 Å². The van der Waals surface area contributed by atoms with E-state index in [1.165, 1.54) is 13.0 Å². The van der Waals surface area contributed by atoms with Crippen LogP contribution in [0.5, 0.6) is 0 Å². The first-order chi connectivity index (χ1) is 4.56. The largest absolute Gasteiger partial charge is 0.478 e. The second kappa shape index (κ2) is 7.44. The van der Waals surface area contributed by atoms with Gasteiger partial charge in [-0.3, -0.25) is 0 Å². The average molecular weight is 139 g/mol. The Bertz CT molecular complexity index is 165. The minimum Gasteiger partial charge on any atom is -0.478 e. The summed E-state index contributed by atoms with van der Waals surface area (Å²) < 4.78 is 0. The zero-order chi connectivity index (χ0) is 8.57. The van der Waals surface area contributed by atoms with Gasteiger partial charge in [-0.15, -0.1) is 0 Å². The molecule has 3 heteroatoms. The second-order valence-corrected chi connectivity index (χ2v) is 1.42. The van der Waals surface area contributed by atoms with Crippen molar-refractivity contribution in [1.82, 2.24) is 0 Å². The molecule has 0 aromatic rings. The number of nitrogens with zero attached hydrogens (tertiary/aromatic N) is 1. The van der Waals surface area contributed by atoms with Crippen molar-refractivity contribution in [1.29, 1.82) is 5.26 Å². The molecule has 0 fully saturated rings. The van der Waals surface area contributed by atoms with Gasteiger partial charge in [0.15, 0.2) is 0 Å². The number of rotatable bonds is 1. The number of carboxylic acid groups (broad SMARTS) is 1. The molecule has 10 heavy (non-hydrogen) atoms. The monoisotopic (exact) mass is 139 g/mol. The molecule has 0 aliphatic carbocycles. The van der Waals surface area contributed by atoms with Crippen LogP contribution in [0.2, 0.25) is 0 Å². The molecule has 0 spiro atoms. The summed E-state index contributed by atoms with van der Waals surface area (Å²) in [6, 6.07) is 1.69. The third-order valence-corrected chi connectivity index (χ3v) is 0.456. The molecule has 0 aromatic carbocycles. The van der Waals surface area contributed by atoms with Crippen molar-refractivity contribution in [2.24, 2.45) is 0 Å². The van der Waals surface area contributed by atoms with E-state index in [0.29, 0.717) is 0 Å². The standard InChI is InChI=1S/C4H6O2.C3H3N/c1-3(2)4(5)6;1-2-3-4/h1H2,2H3,(H,5,6);2H,1H2. The summed E-state index contributed by atoms with van der Waals surface area (Å²) in [4.78, 5) is 9.60. The molecule has 0 rings (SSSR count). The van der Waals surface area contributed by atoms with Crippen LogP contribution in [-0.2, 0) is 4.79 Å². The molecule has 0 aliphatic rings. The van der Waals surface area contributed by atoms with Gasteiger partial charge in [-0.05, 0) is 6.92 Å². The van der Waals surface area contributed by atoms with E-state index in [9.17, 15) is 4.79 Å². The molecule has 0 bridgehead atoms. The highest BCUT2D eigenvalue weighted by Gasteiger charge is 1.90. The van der Waals surface area contributed by atoms with Gasteiger partial charge in [0.25, 0.3) is 0 Å². The van der Waals surface area contributed by atoms with E-state index in [0.717, 1.165) is 0 Å². The summed E-state index contributed by atoms with van der Waals surface area (Å²) in [6.45, 7) is 7.72. The lowest BCUT2D eigenvalue weighted by molar-refractivity contribution is -0.132. The van der Waals surface area contributed by atoms with E-state index < -0.39 is 5.97 Å². The maximum Gasteiger partial charge on any atom is 0.330 e. The Balaban J connectivity index is 0. The summed E-state index contributed by atoms with van der Waals surface area (Å²) in [5, 5.41) is 15.4. The normalized spacial score (nSPS) is 6.00. The van der Waals surface area contributed by atoms with Gasteiger partial charge in [-0.25, -0.2) is 4.79 Å². The fraction of sp³-hybridized carbons (Fsp3) is 0.143. The average Bonchev–Trinajstić information content (AvgIpc) is 1.89. The number of hydrogen-bond donors (Lipinski definition) is 1. The molecule has 0 saturated carbocycles. The first kappa shape index (κ1) is 11.3. The number of allylic oxidation sites excluding steroid dienone is 1. The van der Waals surface area contributed by atoms with Crippen molar-refractivity contribution in [2.75, 3.05) is 0 Å². The summed E-state index contributed by atoms with van der Waals surface area (Å²) in [7, 11) is 0. The molecule has 1 N–H and O–H groups in total. The Kier molecular flexibility index (Phi) is 8.38. The van der Waals surface area contributed by atoms with Gasteiger partial charge in [0.05, 0.1) is 6.07 Å². The molecule has 0 aliphatic heterocycles. The maximum absolute atomic E-state index is 9.60. The molecular weight excluding hydrogens is 130 g/mol. The number of nitriles is 1. The lowest BCUT2D eigenvalue weighted by Gasteiger charge is -1.79. The third kappa shape index (κ3) is 16.1. The number of hydrogen-bond acceptors (Lipinski definition) is 2. The molecular formula is C7H9NO2. The van der Waals surface area contributed by atoms with Gasteiger partial charge in [-0.2, -0.15) is 5.26 Å². The number of aliphatic carboxylic acids is 1. The van der Waals surface area contributed by atoms with E-state index in [1.807, 2.05) is 0 Å². The maximum atomic E-state index is 9.60. The van der Waals surface area contributed by atoms with Crippen LogP contribution in [0.1, 0.15) is 6.92 Å². The van der Waals surface area contributed by atoms with E-state index in [4.69, 9.17) is 10.4 Å². The lowest BCUT2D eigenvalue weighted by atomic mass is 10.4. The van der Waals surface area contributed by atoms with Crippen molar-refractivity contribution >= 4 is 5.97 Å². The molecule has 0 atom stereocenters. The van der Waals surface area contributed by atoms with Crippen LogP contribution in [0, 0.1) is 11.3 Å².